The highest BCUT2D eigenvalue weighted by Crippen LogP contribution is 2.37. The molecule has 0 spiro atoms. The van der Waals surface area contributed by atoms with Crippen LogP contribution in [0.3, 0.4) is 0 Å². The van der Waals surface area contributed by atoms with Gasteiger partial charge in [-0.3, -0.25) is 9.89 Å². The summed E-state index contributed by atoms with van der Waals surface area (Å²) in [7, 11) is -3.83. The zero-order valence-electron chi connectivity index (χ0n) is 10.8. The molecule has 1 aliphatic heterocycles. The summed E-state index contributed by atoms with van der Waals surface area (Å²) in [5.41, 5.74) is -0.596. The highest BCUT2D eigenvalue weighted by Gasteiger charge is 2.47. The molecule has 1 aromatic rings. The van der Waals surface area contributed by atoms with Crippen molar-refractivity contribution in [3.63, 3.8) is 0 Å². The van der Waals surface area contributed by atoms with Gasteiger partial charge < -0.3 is 5.11 Å². The van der Waals surface area contributed by atoms with Crippen LogP contribution in [0.2, 0.25) is 0 Å². The Balaban J connectivity index is 2.45. The molecule has 0 aliphatic carbocycles. The van der Waals surface area contributed by atoms with Gasteiger partial charge in [0, 0.05) is 12.7 Å². The fourth-order valence-electron chi connectivity index (χ4n) is 2.58. The third kappa shape index (κ3) is 2.37. The van der Waals surface area contributed by atoms with Gasteiger partial charge in [0.15, 0.2) is 0 Å². The van der Waals surface area contributed by atoms with E-state index < -0.39 is 27.4 Å². The Morgan fingerprint density at radius 3 is 2.79 bits per heavy atom. The van der Waals surface area contributed by atoms with Crippen molar-refractivity contribution in [2.24, 2.45) is 5.41 Å². The first-order valence-electron chi connectivity index (χ1n) is 6.00. The first-order chi connectivity index (χ1) is 8.77. The maximum atomic E-state index is 12.5. The van der Waals surface area contributed by atoms with Crippen LogP contribution in [0.25, 0.3) is 0 Å². The van der Waals surface area contributed by atoms with E-state index >= 15 is 0 Å². The second kappa shape index (κ2) is 4.61. The third-order valence-electron chi connectivity index (χ3n) is 3.54. The average molecular weight is 287 g/mol. The smallest absolute Gasteiger partial charge is 0.322 e. The average Bonchev–Trinajstić information content (AvgIpc) is 2.80. The highest BCUT2D eigenvalue weighted by atomic mass is 32.2. The maximum Gasteiger partial charge on any atom is 0.322 e. The first kappa shape index (κ1) is 14.0. The number of aromatic amines is 1. The minimum Gasteiger partial charge on any atom is -0.480 e. The zero-order chi connectivity index (χ0) is 14.3. The fourth-order valence-corrected chi connectivity index (χ4v) is 4.26. The van der Waals surface area contributed by atoms with Gasteiger partial charge in [-0.25, -0.2) is 8.42 Å². The number of aromatic nitrogens is 2. The van der Waals surface area contributed by atoms with Crippen molar-refractivity contribution in [1.82, 2.24) is 14.5 Å². The molecule has 1 saturated heterocycles. The van der Waals surface area contributed by atoms with Gasteiger partial charge in [-0.15, -0.1) is 0 Å². The Hall–Kier alpha value is -1.41. The second-order valence-corrected chi connectivity index (χ2v) is 7.27. The Bertz CT molecular complexity index is 565. The summed E-state index contributed by atoms with van der Waals surface area (Å²) in [6.07, 6.45) is 3.78. The van der Waals surface area contributed by atoms with Crippen molar-refractivity contribution in [1.29, 1.82) is 0 Å². The van der Waals surface area contributed by atoms with Crippen LogP contribution in [-0.2, 0) is 14.8 Å². The van der Waals surface area contributed by atoms with E-state index in [0.29, 0.717) is 12.8 Å². The van der Waals surface area contributed by atoms with E-state index in [0.717, 1.165) is 4.31 Å². The van der Waals surface area contributed by atoms with Crippen molar-refractivity contribution in [3.8, 4) is 0 Å². The van der Waals surface area contributed by atoms with Crippen molar-refractivity contribution < 1.29 is 18.3 Å². The summed E-state index contributed by atoms with van der Waals surface area (Å²) in [5, 5.41) is 15.4. The number of carbonyl (C=O) groups is 1. The van der Waals surface area contributed by atoms with E-state index in [1.165, 1.54) is 12.4 Å². The molecule has 2 N–H and O–H groups in total. The predicted octanol–water partition coefficient (Wildman–Crippen LogP) is 0.674. The number of carboxylic acid groups (broad SMARTS) is 1. The molecule has 0 aromatic carbocycles. The summed E-state index contributed by atoms with van der Waals surface area (Å²) in [5.74, 6) is -1.11. The number of hydrogen-bond acceptors (Lipinski definition) is 4. The van der Waals surface area contributed by atoms with Crippen LogP contribution in [0.15, 0.2) is 17.3 Å². The molecule has 1 aromatic heterocycles. The molecule has 0 amide bonds. The second-order valence-electron chi connectivity index (χ2n) is 5.38. The van der Waals surface area contributed by atoms with Crippen LogP contribution in [0.1, 0.15) is 26.7 Å². The minimum atomic E-state index is -3.83. The summed E-state index contributed by atoms with van der Waals surface area (Å²) < 4.78 is 26.0. The normalized spacial score (nSPS) is 24.2. The van der Waals surface area contributed by atoms with Gasteiger partial charge in [0.25, 0.3) is 0 Å². The number of hydrogen-bond donors (Lipinski definition) is 2. The number of sulfonamides is 1. The summed E-state index contributed by atoms with van der Waals surface area (Å²) in [6.45, 7) is 3.78. The van der Waals surface area contributed by atoms with Crippen LogP contribution in [0.5, 0.6) is 0 Å². The molecule has 2 rings (SSSR count). The molecule has 8 heteroatoms. The topological polar surface area (TPSA) is 103 Å². The maximum absolute atomic E-state index is 12.5. The van der Waals surface area contributed by atoms with E-state index in [-0.39, 0.29) is 11.4 Å². The number of nitrogens with one attached hydrogen (secondary N) is 1. The van der Waals surface area contributed by atoms with E-state index in [4.69, 9.17) is 0 Å². The molecular weight excluding hydrogens is 270 g/mol. The summed E-state index contributed by atoms with van der Waals surface area (Å²) >= 11 is 0. The van der Waals surface area contributed by atoms with Gasteiger partial charge in [-0.05, 0) is 18.3 Å². The lowest BCUT2D eigenvalue weighted by Gasteiger charge is -2.42. The summed E-state index contributed by atoms with van der Waals surface area (Å²) in [4.78, 5) is 11.5. The zero-order valence-corrected chi connectivity index (χ0v) is 11.6. The molecule has 2 heterocycles. The Morgan fingerprint density at radius 1 is 1.58 bits per heavy atom. The van der Waals surface area contributed by atoms with Crippen molar-refractivity contribution in [3.05, 3.63) is 12.4 Å². The number of carboxylic acids is 1. The molecule has 1 aliphatic rings. The van der Waals surface area contributed by atoms with Crippen molar-refractivity contribution >= 4 is 16.0 Å². The van der Waals surface area contributed by atoms with Gasteiger partial charge >= 0.3 is 5.97 Å². The molecule has 1 atom stereocenters. The Labute approximate surface area is 111 Å². The van der Waals surface area contributed by atoms with Crippen molar-refractivity contribution in [2.75, 3.05) is 6.54 Å². The number of aliphatic carboxylic acids is 1. The van der Waals surface area contributed by atoms with E-state index in [2.05, 4.69) is 10.2 Å². The third-order valence-corrected chi connectivity index (χ3v) is 5.37. The lowest BCUT2D eigenvalue weighted by atomic mass is 9.77. The molecular formula is C11H17N3O4S. The van der Waals surface area contributed by atoms with Crippen LogP contribution < -0.4 is 0 Å². The van der Waals surface area contributed by atoms with Gasteiger partial charge in [0.2, 0.25) is 10.0 Å². The molecule has 0 saturated carbocycles. The standard InChI is InChI=1S/C11H17N3O4S/c1-11(2)4-3-5-14(9(11)10(15)16)19(17,18)8-6-12-13-7-8/h6-7,9H,3-5H2,1-2H3,(H,12,13)(H,15,16). The fraction of sp³-hybridized carbons (Fsp3) is 0.636. The lowest BCUT2D eigenvalue weighted by molar-refractivity contribution is -0.147. The van der Waals surface area contributed by atoms with Crippen molar-refractivity contribution in [2.45, 2.75) is 37.6 Å². The molecule has 1 fully saturated rings. The molecule has 0 radical (unpaired) electrons. The molecule has 106 valence electrons. The molecule has 7 nitrogen and oxygen atoms in total. The first-order valence-corrected chi connectivity index (χ1v) is 7.44. The minimum absolute atomic E-state index is 0.00329. The lowest BCUT2D eigenvalue weighted by Crippen LogP contribution is -2.56. The number of rotatable bonds is 3. The quantitative estimate of drug-likeness (QED) is 0.850. The number of piperidine rings is 1. The van der Waals surface area contributed by atoms with Crippen LogP contribution in [0, 0.1) is 5.41 Å². The molecule has 0 bridgehead atoms. The van der Waals surface area contributed by atoms with E-state index in [9.17, 15) is 18.3 Å². The van der Waals surface area contributed by atoms with Gasteiger partial charge in [0.05, 0.1) is 6.20 Å². The van der Waals surface area contributed by atoms with Crippen LogP contribution in [0.4, 0.5) is 0 Å². The Morgan fingerprint density at radius 2 is 2.26 bits per heavy atom. The van der Waals surface area contributed by atoms with E-state index in [1.807, 2.05) is 0 Å². The predicted molar refractivity (Wildman–Crippen MR) is 66.9 cm³/mol. The Kier molecular flexibility index (Phi) is 3.40. The van der Waals surface area contributed by atoms with Gasteiger partial charge in [0.1, 0.15) is 10.9 Å². The monoisotopic (exact) mass is 287 g/mol. The summed E-state index contributed by atoms with van der Waals surface area (Å²) in [6, 6.07) is -1.05. The van der Waals surface area contributed by atoms with Gasteiger partial charge in [-0.1, -0.05) is 13.8 Å². The number of H-pyrrole nitrogens is 1. The molecule has 1 unspecified atom stereocenters. The van der Waals surface area contributed by atoms with E-state index in [1.54, 1.807) is 13.8 Å². The molecule has 19 heavy (non-hydrogen) atoms. The SMILES string of the molecule is CC1(C)CCCN(S(=O)(=O)c2cn[nH]c2)C1C(=O)O. The van der Waals surface area contributed by atoms with Gasteiger partial charge in [-0.2, -0.15) is 9.40 Å². The van der Waals surface area contributed by atoms with Crippen LogP contribution >= 0.6 is 0 Å². The highest BCUT2D eigenvalue weighted by molar-refractivity contribution is 7.89. The van der Waals surface area contributed by atoms with Crippen LogP contribution in [-0.4, -0.2) is 46.6 Å². The largest absolute Gasteiger partial charge is 0.480 e. The number of nitrogens with zero attached hydrogens (tertiary/aromatic N) is 2.